The third kappa shape index (κ3) is 4.30. The van der Waals surface area contributed by atoms with Crippen LogP contribution >= 0.6 is 11.6 Å². The molecule has 0 aliphatic rings. The summed E-state index contributed by atoms with van der Waals surface area (Å²) in [7, 11) is 0. The Bertz CT molecular complexity index is 1540. The van der Waals surface area contributed by atoms with Crippen molar-refractivity contribution < 1.29 is 4.79 Å². The van der Waals surface area contributed by atoms with Crippen molar-refractivity contribution in [3.63, 3.8) is 0 Å². The first-order chi connectivity index (χ1) is 16.6. The molecule has 170 valence electrons. The topological polar surface area (TPSA) is 81.3 Å². The van der Waals surface area contributed by atoms with E-state index in [1.165, 1.54) is 0 Å². The average molecular weight is 472 g/mol. The van der Waals surface area contributed by atoms with Crippen molar-refractivity contribution >= 4 is 34.2 Å². The Balaban J connectivity index is 1.44. The molecule has 0 bridgehead atoms. The molecule has 34 heavy (non-hydrogen) atoms. The lowest BCUT2D eigenvalue weighted by Crippen LogP contribution is -2.25. The van der Waals surface area contributed by atoms with Gasteiger partial charge in [-0.2, -0.15) is 0 Å². The lowest BCUT2D eigenvalue weighted by molar-refractivity contribution is -0.121. The summed E-state index contributed by atoms with van der Waals surface area (Å²) in [4.78, 5) is 25.8. The summed E-state index contributed by atoms with van der Waals surface area (Å²) in [6.07, 6.45) is 0.612. The molecule has 0 unspecified atom stereocenters. The number of carbonyl (C=O) groups excluding carboxylic acids is 1. The molecule has 0 aliphatic heterocycles. The molecule has 5 rings (SSSR count). The first kappa shape index (κ1) is 21.9. The van der Waals surface area contributed by atoms with Gasteiger partial charge in [0.2, 0.25) is 11.7 Å². The second kappa shape index (κ2) is 9.49. The molecule has 0 saturated heterocycles. The maximum absolute atomic E-state index is 13.3. The van der Waals surface area contributed by atoms with Crippen LogP contribution in [0.5, 0.6) is 0 Å². The molecular formula is C26H22ClN5O2. The van der Waals surface area contributed by atoms with E-state index >= 15 is 0 Å². The van der Waals surface area contributed by atoms with E-state index in [-0.39, 0.29) is 17.9 Å². The number of nitrogens with zero attached hydrogens (tertiary/aromatic N) is 4. The minimum atomic E-state index is -0.122. The van der Waals surface area contributed by atoms with E-state index in [0.717, 1.165) is 16.6 Å². The summed E-state index contributed by atoms with van der Waals surface area (Å²) in [5.41, 5.74) is 2.46. The average Bonchev–Trinajstić information content (AvgIpc) is 3.29. The normalized spacial score (nSPS) is 11.2. The summed E-state index contributed by atoms with van der Waals surface area (Å²) in [6.45, 7) is 0.739. The molecule has 5 aromatic rings. The molecule has 2 aromatic heterocycles. The van der Waals surface area contributed by atoms with Crippen LogP contribution in [0.15, 0.2) is 83.7 Å². The van der Waals surface area contributed by atoms with E-state index in [0.29, 0.717) is 41.5 Å². The standard InChI is InChI=1S/C26H22ClN5O2/c27-21-12-6-4-10-19(21)16-28-24(33)15-14-23-29-30-26-31(17-18-8-2-1-3-9-18)25(34)20-11-5-7-13-22(20)32(23)26/h1-13H,14-17H2,(H,28,33). The van der Waals surface area contributed by atoms with Crippen molar-refractivity contribution in [2.24, 2.45) is 0 Å². The van der Waals surface area contributed by atoms with Gasteiger partial charge < -0.3 is 5.32 Å². The van der Waals surface area contributed by atoms with E-state index in [1.807, 2.05) is 71.1 Å². The maximum Gasteiger partial charge on any atom is 0.263 e. The highest BCUT2D eigenvalue weighted by atomic mass is 35.5. The van der Waals surface area contributed by atoms with Crippen molar-refractivity contribution in [3.05, 3.63) is 111 Å². The van der Waals surface area contributed by atoms with Crippen molar-refractivity contribution in [3.8, 4) is 0 Å². The highest BCUT2D eigenvalue weighted by Gasteiger charge is 2.17. The summed E-state index contributed by atoms with van der Waals surface area (Å²) in [5.74, 6) is 0.971. The first-order valence-electron chi connectivity index (χ1n) is 11.0. The Morgan fingerprint density at radius 3 is 2.47 bits per heavy atom. The van der Waals surface area contributed by atoms with Gasteiger partial charge in [0.15, 0.2) is 0 Å². The van der Waals surface area contributed by atoms with Crippen LogP contribution in [0.3, 0.4) is 0 Å². The van der Waals surface area contributed by atoms with Crippen molar-refractivity contribution in [2.45, 2.75) is 25.9 Å². The fraction of sp³-hybridized carbons (Fsp3) is 0.154. The van der Waals surface area contributed by atoms with Crippen molar-refractivity contribution in [2.75, 3.05) is 0 Å². The third-order valence-corrected chi connectivity index (χ3v) is 6.14. The molecule has 0 saturated carbocycles. The Morgan fingerprint density at radius 2 is 1.65 bits per heavy atom. The molecule has 0 radical (unpaired) electrons. The van der Waals surface area contributed by atoms with Gasteiger partial charge in [0.1, 0.15) is 5.82 Å². The number of halogens is 1. The van der Waals surface area contributed by atoms with Crippen LogP contribution in [0.1, 0.15) is 23.4 Å². The van der Waals surface area contributed by atoms with E-state index in [9.17, 15) is 9.59 Å². The van der Waals surface area contributed by atoms with E-state index in [1.54, 1.807) is 16.7 Å². The van der Waals surface area contributed by atoms with Crippen LogP contribution < -0.4 is 10.9 Å². The van der Waals surface area contributed by atoms with Crippen LogP contribution in [-0.2, 0) is 24.3 Å². The Kier molecular flexibility index (Phi) is 6.10. The lowest BCUT2D eigenvalue weighted by atomic mass is 10.2. The molecule has 1 N–H and O–H groups in total. The maximum atomic E-state index is 13.3. The number of aryl methyl sites for hydroxylation is 1. The SMILES string of the molecule is O=C(CCc1nnc2n(Cc3ccccc3)c(=O)c3ccccc3n12)NCc1ccccc1Cl. The molecule has 3 aromatic carbocycles. The van der Waals surface area contributed by atoms with Gasteiger partial charge in [-0.15, -0.1) is 10.2 Å². The number of benzene rings is 3. The van der Waals surface area contributed by atoms with Crippen molar-refractivity contribution in [1.29, 1.82) is 0 Å². The predicted molar refractivity (Wildman–Crippen MR) is 132 cm³/mol. The molecule has 7 nitrogen and oxygen atoms in total. The van der Waals surface area contributed by atoms with Crippen LogP contribution in [-0.4, -0.2) is 25.1 Å². The number of carbonyl (C=O) groups is 1. The number of para-hydroxylation sites is 1. The summed E-state index contributed by atoms with van der Waals surface area (Å²) >= 11 is 6.17. The fourth-order valence-electron chi connectivity index (χ4n) is 4.03. The number of fused-ring (bicyclic) bond motifs is 3. The molecule has 0 fully saturated rings. The van der Waals surface area contributed by atoms with E-state index in [2.05, 4.69) is 15.5 Å². The Morgan fingerprint density at radius 1 is 0.912 bits per heavy atom. The Labute approximate surface area is 200 Å². The lowest BCUT2D eigenvalue weighted by Gasteiger charge is -2.11. The van der Waals surface area contributed by atoms with Crippen LogP contribution in [0.25, 0.3) is 16.7 Å². The zero-order chi connectivity index (χ0) is 23.5. The highest BCUT2D eigenvalue weighted by Crippen LogP contribution is 2.17. The number of rotatable bonds is 7. The van der Waals surface area contributed by atoms with Gasteiger partial charge in [0.05, 0.1) is 17.4 Å². The molecule has 2 heterocycles. The quantitative estimate of drug-likeness (QED) is 0.389. The fourth-order valence-corrected chi connectivity index (χ4v) is 4.24. The number of hydrogen-bond donors (Lipinski definition) is 1. The molecule has 1 amide bonds. The number of amides is 1. The van der Waals surface area contributed by atoms with Crippen LogP contribution in [0.4, 0.5) is 0 Å². The first-order valence-corrected chi connectivity index (χ1v) is 11.4. The van der Waals surface area contributed by atoms with E-state index < -0.39 is 0 Å². The molecule has 0 atom stereocenters. The largest absolute Gasteiger partial charge is 0.352 e. The number of aromatic nitrogens is 4. The van der Waals surface area contributed by atoms with Gasteiger partial charge in [-0.3, -0.25) is 18.6 Å². The smallest absolute Gasteiger partial charge is 0.263 e. The van der Waals surface area contributed by atoms with Gasteiger partial charge in [0, 0.05) is 24.4 Å². The predicted octanol–water partition coefficient (Wildman–Crippen LogP) is 3.99. The summed E-state index contributed by atoms with van der Waals surface area (Å²) in [5, 5.41) is 12.8. The minimum absolute atomic E-state index is 0.112. The van der Waals surface area contributed by atoms with Crippen LogP contribution in [0.2, 0.25) is 5.02 Å². The van der Waals surface area contributed by atoms with Gasteiger partial charge in [0.25, 0.3) is 5.56 Å². The Hall–Kier alpha value is -3.97. The third-order valence-electron chi connectivity index (χ3n) is 5.77. The highest BCUT2D eigenvalue weighted by molar-refractivity contribution is 6.31. The second-order valence-corrected chi connectivity index (χ2v) is 8.42. The van der Waals surface area contributed by atoms with Gasteiger partial charge >= 0.3 is 0 Å². The van der Waals surface area contributed by atoms with Gasteiger partial charge in [-0.05, 0) is 29.3 Å². The summed E-state index contributed by atoms with van der Waals surface area (Å²) < 4.78 is 3.51. The monoisotopic (exact) mass is 471 g/mol. The van der Waals surface area contributed by atoms with Gasteiger partial charge in [-0.1, -0.05) is 72.3 Å². The molecular weight excluding hydrogens is 450 g/mol. The second-order valence-electron chi connectivity index (χ2n) is 8.01. The minimum Gasteiger partial charge on any atom is -0.352 e. The molecule has 0 spiro atoms. The van der Waals surface area contributed by atoms with Gasteiger partial charge in [-0.25, -0.2) is 0 Å². The number of nitrogens with one attached hydrogen (secondary N) is 1. The van der Waals surface area contributed by atoms with Crippen LogP contribution in [0, 0.1) is 0 Å². The summed E-state index contributed by atoms with van der Waals surface area (Å²) in [6, 6.07) is 24.6. The van der Waals surface area contributed by atoms with E-state index in [4.69, 9.17) is 11.6 Å². The zero-order valence-electron chi connectivity index (χ0n) is 18.3. The van der Waals surface area contributed by atoms with Crippen molar-refractivity contribution in [1.82, 2.24) is 24.5 Å². The molecule has 0 aliphatic carbocycles. The number of hydrogen-bond acceptors (Lipinski definition) is 4. The molecule has 8 heteroatoms. The zero-order valence-corrected chi connectivity index (χ0v) is 19.1.